The first-order valence-corrected chi connectivity index (χ1v) is 10.5. The number of aromatic nitrogens is 1. The molecule has 3 nitrogen and oxygen atoms in total. The summed E-state index contributed by atoms with van der Waals surface area (Å²) in [5.74, 6) is 0.606. The third kappa shape index (κ3) is 5.55. The summed E-state index contributed by atoms with van der Waals surface area (Å²) < 4.78 is 0. The second-order valence-corrected chi connectivity index (χ2v) is 9.79. The molecule has 0 amide bonds. The second kappa shape index (κ2) is 9.83. The van der Waals surface area contributed by atoms with Crippen LogP contribution in [0.15, 0.2) is 48.7 Å². The molecule has 0 bridgehead atoms. The van der Waals surface area contributed by atoms with Gasteiger partial charge in [-0.3, -0.25) is 0 Å². The zero-order valence-corrected chi connectivity index (χ0v) is 20.3. The Morgan fingerprint density at radius 2 is 1.66 bits per heavy atom. The molecule has 4 unspecified atom stereocenters. The first kappa shape index (κ1) is 24.2. The number of hydrogen-bond donors (Lipinski definition) is 2. The van der Waals surface area contributed by atoms with Gasteiger partial charge in [0.05, 0.1) is 12.2 Å². The van der Waals surface area contributed by atoms with Gasteiger partial charge < -0.3 is 15.2 Å². The Bertz CT molecular complexity index is 710. The van der Waals surface area contributed by atoms with Crippen LogP contribution in [0.1, 0.15) is 53.4 Å². The summed E-state index contributed by atoms with van der Waals surface area (Å²) in [5.41, 5.74) is 1.95. The van der Waals surface area contributed by atoms with Crippen LogP contribution in [0.4, 0.5) is 0 Å². The Hall–Kier alpha value is -1.06. The van der Waals surface area contributed by atoms with Gasteiger partial charge in [0.2, 0.25) is 0 Å². The number of aliphatic hydroxyl groups excluding tert-OH is 2. The minimum absolute atomic E-state index is 0. The zero-order chi connectivity index (χ0) is 20.4. The summed E-state index contributed by atoms with van der Waals surface area (Å²) in [7, 11) is 0. The van der Waals surface area contributed by atoms with Crippen molar-refractivity contribution in [3.8, 4) is 11.3 Å². The number of pyridine rings is 1. The van der Waals surface area contributed by atoms with Crippen LogP contribution in [0.5, 0.6) is 0 Å². The van der Waals surface area contributed by atoms with E-state index in [4.69, 9.17) is 0 Å². The molecule has 29 heavy (non-hydrogen) atoms. The molecule has 2 fully saturated rings. The molecule has 2 N–H and O–H groups in total. The van der Waals surface area contributed by atoms with E-state index in [9.17, 15) is 10.2 Å². The quantitative estimate of drug-likeness (QED) is 0.466. The number of fused-ring (bicyclic) bond motifs is 1. The average molecular weight is 573 g/mol. The summed E-state index contributed by atoms with van der Waals surface area (Å²) >= 11 is 0. The van der Waals surface area contributed by atoms with Gasteiger partial charge in [-0.15, -0.1) is 35.9 Å². The predicted octanol–water partition coefficient (Wildman–Crippen LogP) is 5.13. The van der Waals surface area contributed by atoms with Gasteiger partial charge in [0.25, 0.3) is 0 Å². The van der Waals surface area contributed by atoms with Gasteiger partial charge in [0.15, 0.2) is 0 Å². The third-order valence-corrected chi connectivity index (χ3v) is 6.71. The van der Waals surface area contributed by atoms with Crippen molar-refractivity contribution >= 4 is 0 Å². The number of hydrogen-bond acceptors (Lipinski definition) is 3. The first-order valence-electron chi connectivity index (χ1n) is 10.5. The van der Waals surface area contributed by atoms with Crippen LogP contribution < -0.4 is 0 Å². The molecule has 161 valence electrons. The maximum Gasteiger partial charge on any atom is 0.0646 e. The van der Waals surface area contributed by atoms with Crippen LogP contribution in [-0.4, -0.2) is 27.4 Å². The molecule has 0 saturated heterocycles. The SMILES string of the molecule is CC1(C)CCCC2CC(C)(C)C(O)C2C1O.[Ir].[c-]1ccccc1-c1ccccn1. The Morgan fingerprint density at radius 3 is 2.28 bits per heavy atom. The number of benzene rings is 1. The Balaban J connectivity index is 0.000000207. The molecule has 4 atom stereocenters. The van der Waals surface area contributed by atoms with Crippen molar-refractivity contribution in [1.29, 1.82) is 0 Å². The summed E-state index contributed by atoms with van der Waals surface area (Å²) in [6, 6.07) is 16.8. The monoisotopic (exact) mass is 573 g/mol. The fourth-order valence-corrected chi connectivity index (χ4v) is 5.00. The number of rotatable bonds is 1. The molecule has 0 spiro atoms. The van der Waals surface area contributed by atoms with E-state index < -0.39 is 0 Å². The normalized spacial score (nSPS) is 29.4. The molecule has 1 aromatic carbocycles. The maximum absolute atomic E-state index is 10.5. The van der Waals surface area contributed by atoms with Gasteiger partial charge in [-0.05, 0) is 47.8 Å². The van der Waals surface area contributed by atoms with Crippen molar-refractivity contribution in [3.63, 3.8) is 0 Å². The van der Waals surface area contributed by atoms with Gasteiger partial charge in [0, 0.05) is 32.2 Å². The van der Waals surface area contributed by atoms with Crippen LogP contribution in [-0.2, 0) is 20.1 Å². The summed E-state index contributed by atoms with van der Waals surface area (Å²) in [6.07, 6.45) is 5.59. The molecule has 2 aliphatic carbocycles. The molecule has 2 aliphatic rings. The van der Waals surface area contributed by atoms with Crippen molar-refractivity contribution in [3.05, 3.63) is 54.7 Å². The summed E-state index contributed by atoms with van der Waals surface area (Å²) in [6.45, 7) is 8.54. The van der Waals surface area contributed by atoms with Crippen LogP contribution in [0, 0.1) is 28.7 Å². The molecule has 2 aromatic rings. The molecule has 1 aromatic heterocycles. The van der Waals surface area contributed by atoms with Gasteiger partial charge in [-0.2, -0.15) is 0 Å². The van der Waals surface area contributed by atoms with Crippen LogP contribution in [0.25, 0.3) is 11.3 Å². The van der Waals surface area contributed by atoms with Crippen molar-refractivity contribution in [1.82, 2.24) is 4.98 Å². The van der Waals surface area contributed by atoms with Crippen LogP contribution in [0.2, 0.25) is 0 Å². The molecular formula is C25H34IrNO2-. The number of nitrogens with zero attached hydrogens (tertiary/aromatic N) is 1. The standard InChI is InChI=1S/C14H26O2.C11H8N.Ir/c1-13(2)7-5-6-9-8-14(3,4)12(16)10(9)11(13)15;1-2-6-10(7-3-1)11-8-4-5-9-12-11;/h9-12,15-16H,5-8H2,1-4H3;1-6,8-9H;/q;-1;. The van der Waals surface area contributed by atoms with Crippen LogP contribution in [0.3, 0.4) is 0 Å². The molecule has 1 radical (unpaired) electrons. The van der Waals surface area contributed by atoms with Crippen LogP contribution >= 0.6 is 0 Å². The molecule has 2 saturated carbocycles. The third-order valence-electron chi connectivity index (χ3n) is 6.71. The van der Waals surface area contributed by atoms with E-state index >= 15 is 0 Å². The molecule has 1 heterocycles. The Labute approximate surface area is 189 Å². The average Bonchev–Trinajstić information content (AvgIpc) is 2.84. The van der Waals surface area contributed by atoms with E-state index in [0.29, 0.717) is 5.92 Å². The molecule has 4 heteroatoms. The second-order valence-electron chi connectivity index (χ2n) is 9.79. The molecule has 0 aliphatic heterocycles. The number of aliphatic hydroxyl groups is 2. The van der Waals surface area contributed by atoms with Crippen molar-refractivity contribution < 1.29 is 30.3 Å². The fourth-order valence-electron chi connectivity index (χ4n) is 5.00. The predicted molar refractivity (Wildman–Crippen MR) is 114 cm³/mol. The minimum atomic E-state index is -0.350. The van der Waals surface area contributed by atoms with E-state index in [1.807, 2.05) is 42.5 Å². The zero-order valence-electron chi connectivity index (χ0n) is 17.9. The van der Waals surface area contributed by atoms with E-state index in [1.165, 1.54) is 12.8 Å². The van der Waals surface area contributed by atoms with E-state index in [2.05, 4.69) is 38.7 Å². The largest absolute Gasteiger partial charge is 0.392 e. The van der Waals surface area contributed by atoms with Gasteiger partial charge >= 0.3 is 0 Å². The van der Waals surface area contributed by atoms with E-state index in [-0.39, 0.29) is 49.1 Å². The van der Waals surface area contributed by atoms with E-state index in [0.717, 1.165) is 24.1 Å². The topological polar surface area (TPSA) is 53.4 Å². The Morgan fingerprint density at radius 1 is 0.966 bits per heavy atom. The first-order chi connectivity index (χ1) is 13.2. The van der Waals surface area contributed by atoms with Gasteiger partial charge in [-0.1, -0.05) is 46.2 Å². The fraction of sp³-hybridized carbons (Fsp3) is 0.560. The van der Waals surface area contributed by atoms with Crippen molar-refractivity contribution in [2.75, 3.05) is 0 Å². The van der Waals surface area contributed by atoms with Crippen molar-refractivity contribution in [2.45, 2.75) is 65.6 Å². The maximum atomic E-state index is 10.5. The molecule has 4 rings (SSSR count). The van der Waals surface area contributed by atoms with Gasteiger partial charge in [0.1, 0.15) is 0 Å². The van der Waals surface area contributed by atoms with Gasteiger partial charge in [-0.25, -0.2) is 0 Å². The molecular weight excluding hydrogens is 538 g/mol. The smallest absolute Gasteiger partial charge is 0.0646 e. The summed E-state index contributed by atoms with van der Waals surface area (Å²) in [4.78, 5) is 4.22. The Kier molecular flexibility index (Phi) is 8.21. The summed E-state index contributed by atoms with van der Waals surface area (Å²) in [5, 5.41) is 20.9. The van der Waals surface area contributed by atoms with Crippen molar-refractivity contribution in [2.24, 2.45) is 22.7 Å². The van der Waals surface area contributed by atoms with E-state index in [1.54, 1.807) is 6.20 Å². The minimum Gasteiger partial charge on any atom is -0.392 e.